The first-order valence-electron chi connectivity index (χ1n) is 18.2. The number of likely N-dealkylation sites (N-methyl/N-ethyl adjacent to an activating group) is 2. The summed E-state index contributed by atoms with van der Waals surface area (Å²) in [5.74, 6) is -2.96. The summed E-state index contributed by atoms with van der Waals surface area (Å²) >= 11 is 1.19. The van der Waals surface area contributed by atoms with Gasteiger partial charge in [-0.15, -0.1) is 11.3 Å². The van der Waals surface area contributed by atoms with E-state index in [-0.39, 0.29) is 48.4 Å². The number of carbonyl (C=O) groups is 5. The molecule has 0 spiro atoms. The van der Waals surface area contributed by atoms with Gasteiger partial charge in [-0.3, -0.25) is 28.9 Å². The third-order valence-corrected chi connectivity index (χ3v) is 10.6. The second-order valence-electron chi connectivity index (χ2n) is 14.2. The predicted molar refractivity (Wildman–Crippen MR) is 197 cm³/mol. The largest absolute Gasteiger partial charge is 0.481 e. The highest BCUT2D eigenvalue weighted by molar-refractivity contribution is 7.09. The van der Waals surface area contributed by atoms with Crippen LogP contribution in [-0.2, 0) is 30.3 Å². The smallest absolute Gasteiger partial charge is 0.306 e. The summed E-state index contributed by atoms with van der Waals surface area (Å²) in [5, 5.41) is 17.6. The number of hydrogen-bond acceptors (Lipinski definition) is 9. The quantitative estimate of drug-likeness (QED) is 0.165. The van der Waals surface area contributed by atoms with Gasteiger partial charge < -0.3 is 25.4 Å². The fourth-order valence-corrected chi connectivity index (χ4v) is 7.50. The number of nitrogens with one attached hydrogen (secondary N) is 2. The number of hydrogen-bond donors (Lipinski definition) is 3. The molecule has 0 bridgehead atoms. The first-order chi connectivity index (χ1) is 24.2. The van der Waals surface area contributed by atoms with Crippen LogP contribution < -0.4 is 10.6 Å². The topological polar surface area (TPSA) is 158 Å². The molecule has 0 radical (unpaired) electrons. The molecular weight excluding hydrogens is 671 g/mol. The van der Waals surface area contributed by atoms with Crippen molar-refractivity contribution in [3.8, 4) is 0 Å². The molecule has 2 heterocycles. The number of benzene rings is 1. The Hall–Kier alpha value is -3.84. The number of aliphatic carboxylic acids is 1. The average Bonchev–Trinajstić information content (AvgIpc) is 3.58. The molecule has 1 aromatic carbocycles. The molecule has 3 amide bonds. The maximum atomic E-state index is 14.1. The number of carboxylic acids is 1. The number of likely N-dealkylation sites (tertiary alicyclic amines) is 1. The molecule has 51 heavy (non-hydrogen) atoms. The van der Waals surface area contributed by atoms with Gasteiger partial charge in [-0.05, 0) is 57.2 Å². The zero-order chi connectivity index (χ0) is 37.7. The number of piperidine rings is 1. The van der Waals surface area contributed by atoms with Gasteiger partial charge in [0.05, 0.1) is 12.0 Å². The van der Waals surface area contributed by atoms with Crippen molar-refractivity contribution >= 4 is 41.0 Å². The van der Waals surface area contributed by atoms with Crippen LogP contribution in [0.5, 0.6) is 0 Å². The van der Waals surface area contributed by atoms with Crippen LogP contribution in [0.1, 0.15) is 113 Å². The number of nitrogens with zero attached hydrogens (tertiary/aromatic N) is 3. The summed E-state index contributed by atoms with van der Waals surface area (Å²) in [6.45, 7) is 9.79. The number of unbranched alkanes of at least 4 members (excludes halogenated alkanes) is 1. The summed E-state index contributed by atoms with van der Waals surface area (Å²) in [5.41, 5.74) is 1.10. The lowest BCUT2D eigenvalue weighted by molar-refractivity contribution is -0.149. The van der Waals surface area contributed by atoms with Crippen molar-refractivity contribution in [2.24, 2.45) is 11.8 Å². The molecule has 12 nitrogen and oxygen atoms in total. The molecule has 1 aromatic heterocycles. The van der Waals surface area contributed by atoms with E-state index in [9.17, 15) is 29.1 Å². The molecule has 282 valence electrons. The molecular formula is C38H57N5O7S. The second kappa shape index (κ2) is 20.3. The van der Waals surface area contributed by atoms with Gasteiger partial charge >= 0.3 is 11.9 Å². The zero-order valence-electron chi connectivity index (χ0n) is 31.2. The molecule has 1 fully saturated rings. The van der Waals surface area contributed by atoms with Crippen molar-refractivity contribution in [3.63, 3.8) is 0 Å². The maximum absolute atomic E-state index is 14.1. The molecule has 0 saturated carbocycles. The molecule has 3 N–H and O–H groups in total. The van der Waals surface area contributed by atoms with Gasteiger partial charge in [0.1, 0.15) is 16.7 Å². The number of carboxylic acid groups (broad SMARTS) is 1. The van der Waals surface area contributed by atoms with Crippen LogP contribution >= 0.6 is 11.3 Å². The Morgan fingerprint density at radius 1 is 1.08 bits per heavy atom. The van der Waals surface area contributed by atoms with E-state index < -0.39 is 42.0 Å². The highest BCUT2D eigenvalue weighted by atomic mass is 32.1. The van der Waals surface area contributed by atoms with Crippen LogP contribution in [0.2, 0.25) is 0 Å². The Bertz CT molecular complexity index is 1450. The Morgan fingerprint density at radius 3 is 2.39 bits per heavy atom. The SMILES string of the molecule is CCCCC(NC(=O)[C@H]1CCCCN1C)C(=O)N(C)C(CC(OC(C)=O)c1nc(C(=O)NC(Cc2ccccc2)CC(C)C(=O)O)cs1)C(C)C. The third kappa shape index (κ3) is 12.7. The number of ether oxygens (including phenoxy) is 1. The van der Waals surface area contributed by atoms with Gasteiger partial charge in [0.15, 0.2) is 6.10 Å². The van der Waals surface area contributed by atoms with E-state index in [4.69, 9.17) is 4.74 Å². The van der Waals surface area contributed by atoms with Gasteiger partial charge in [0.25, 0.3) is 5.91 Å². The van der Waals surface area contributed by atoms with Gasteiger partial charge in [0.2, 0.25) is 11.8 Å². The van der Waals surface area contributed by atoms with Crippen molar-refractivity contribution in [3.05, 3.63) is 52.0 Å². The Morgan fingerprint density at radius 2 is 1.78 bits per heavy atom. The molecule has 0 aliphatic carbocycles. The number of aromatic nitrogens is 1. The molecule has 13 heteroatoms. The Labute approximate surface area is 306 Å². The predicted octanol–water partition coefficient (Wildman–Crippen LogP) is 5.23. The van der Waals surface area contributed by atoms with E-state index in [2.05, 4.69) is 15.6 Å². The number of rotatable bonds is 19. The fourth-order valence-electron chi connectivity index (χ4n) is 6.66. The van der Waals surface area contributed by atoms with Crippen LogP contribution in [0, 0.1) is 11.8 Å². The molecule has 5 unspecified atom stereocenters. The molecule has 1 aliphatic heterocycles. The molecule has 2 aromatic rings. The van der Waals surface area contributed by atoms with E-state index in [0.29, 0.717) is 17.8 Å². The fraction of sp³-hybridized carbons (Fsp3) is 0.632. The van der Waals surface area contributed by atoms with Crippen LogP contribution in [0.4, 0.5) is 0 Å². The van der Waals surface area contributed by atoms with Gasteiger partial charge in [-0.25, -0.2) is 4.98 Å². The number of esters is 1. The second-order valence-corrected chi connectivity index (χ2v) is 15.1. The maximum Gasteiger partial charge on any atom is 0.306 e. The number of amides is 3. The minimum Gasteiger partial charge on any atom is -0.481 e. The zero-order valence-corrected chi connectivity index (χ0v) is 32.0. The summed E-state index contributed by atoms with van der Waals surface area (Å²) < 4.78 is 5.76. The van der Waals surface area contributed by atoms with Gasteiger partial charge in [-0.1, -0.05) is 77.3 Å². The lowest BCUT2D eigenvalue weighted by Crippen LogP contribution is -2.56. The highest BCUT2D eigenvalue weighted by Gasteiger charge is 2.35. The lowest BCUT2D eigenvalue weighted by atomic mass is 9.95. The van der Waals surface area contributed by atoms with Crippen molar-refractivity contribution in [1.82, 2.24) is 25.4 Å². The van der Waals surface area contributed by atoms with E-state index >= 15 is 0 Å². The lowest BCUT2D eigenvalue weighted by Gasteiger charge is -2.37. The van der Waals surface area contributed by atoms with Crippen molar-refractivity contribution in [2.75, 3.05) is 20.6 Å². The molecule has 6 atom stereocenters. The summed E-state index contributed by atoms with van der Waals surface area (Å²) in [6, 6.07) is 7.75. The van der Waals surface area contributed by atoms with E-state index in [1.807, 2.05) is 63.1 Å². The van der Waals surface area contributed by atoms with Crippen LogP contribution in [0.25, 0.3) is 0 Å². The van der Waals surface area contributed by atoms with E-state index in [1.54, 1.807) is 24.3 Å². The summed E-state index contributed by atoms with van der Waals surface area (Å²) in [6.07, 6.45) is 5.04. The first-order valence-corrected chi connectivity index (χ1v) is 19.1. The molecule has 1 saturated heterocycles. The van der Waals surface area contributed by atoms with Crippen LogP contribution in [0.15, 0.2) is 35.7 Å². The third-order valence-electron chi connectivity index (χ3n) is 9.66. The van der Waals surface area contributed by atoms with E-state index in [1.165, 1.54) is 18.3 Å². The number of carbonyl (C=O) groups excluding carboxylic acids is 4. The Balaban J connectivity index is 1.79. The number of thiazole rings is 1. The van der Waals surface area contributed by atoms with Gasteiger partial charge in [0, 0.05) is 37.9 Å². The summed E-state index contributed by atoms with van der Waals surface area (Å²) in [7, 11) is 3.67. The van der Waals surface area contributed by atoms with Crippen molar-refractivity contribution < 1.29 is 33.8 Å². The summed E-state index contributed by atoms with van der Waals surface area (Å²) in [4.78, 5) is 73.1. The molecule has 1 aliphatic rings. The average molecular weight is 728 g/mol. The monoisotopic (exact) mass is 727 g/mol. The normalized spacial score (nSPS) is 17.8. The van der Waals surface area contributed by atoms with Crippen LogP contribution in [0.3, 0.4) is 0 Å². The Kier molecular flexibility index (Phi) is 16.5. The highest BCUT2D eigenvalue weighted by Crippen LogP contribution is 2.31. The van der Waals surface area contributed by atoms with E-state index in [0.717, 1.165) is 44.2 Å². The van der Waals surface area contributed by atoms with Crippen LogP contribution in [-0.4, -0.2) is 94.4 Å². The minimum atomic E-state index is -0.943. The molecule has 3 rings (SSSR count). The van der Waals surface area contributed by atoms with Crippen molar-refractivity contribution in [1.29, 1.82) is 0 Å². The first kappa shape index (κ1) is 41.6. The standard InChI is InChI=1S/C38H57N5O7S/c1-8-9-17-29(40-35(46)31-18-13-14-19-42(31)6)37(47)43(7)32(24(2)3)22-33(50-26(5)44)36-41-30(23-51-36)34(45)39-28(20-25(4)38(48)49)21-27-15-11-10-12-16-27/h10-12,15-16,23-25,28-29,31-33H,8-9,13-14,17-22H2,1-7H3,(H,39,45)(H,40,46)(H,48,49)/t25?,28?,29?,31-,32?,33?/m1/s1. The minimum absolute atomic E-state index is 0.0401. The van der Waals surface area contributed by atoms with Crippen molar-refractivity contribution in [2.45, 2.75) is 123 Å². The van der Waals surface area contributed by atoms with Gasteiger partial charge in [-0.2, -0.15) is 0 Å².